The number of anilines is 3. The summed E-state index contributed by atoms with van der Waals surface area (Å²) in [7, 11) is 0. The standard InChI is InChI=1S/C14H11ClN4O4/c15-13-9-3-1-2-4-10(9)14(13)17-16-11-6-5-8(18(20)21)7-12(11)19(22)23/h1-7,13,16,22-23H/q-2/t13-/m1/s1. The molecule has 9 heteroatoms. The zero-order valence-electron chi connectivity index (χ0n) is 11.5. The van der Waals surface area contributed by atoms with Crippen molar-refractivity contribution in [3.05, 3.63) is 64.0 Å². The Labute approximate surface area is 135 Å². The highest BCUT2D eigenvalue weighted by Gasteiger charge is 2.31. The third kappa shape index (κ3) is 2.81. The second kappa shape index (κ2) is 6.03. The summed E-state index contributed by atoms with van der Waals surface area (Å²) in [4.78, 5) is 0. The minimum absolute atomic E-state index is 0.182. The van der Waals surface area contributed by atoms with Crippen molar-refractivity contribution in [3.63, 3.8) is 0 Å². The maximum Gasteiger partial charge on any atom is 0.121 e. The molecule has 0 saturated carbocycles. The Morgan fingerprint density at radius 1 is 1.13 bits per heavy atom. The van der Waals surface area contributed by atoms with Gasteiger partial charge in [-0.1, -0.05) is 24.3 Å². The molecule has 1 aliphatic rings. The highest BCUT2D eigenvalue weighted by molar-refractivity contribution is 6.40. The van der Waals surface area contributed by atoms with Crippen LogP contribution in [0.2, 0.25) is 0 Å². The number of halogens is 1. The van der Waals surface area contributed by atoms with Crippen LogP contribution in [0.3, 0.4) is 0 Å². The van der Waals surface area contributed by atoms with E-state index in [-0.39, 0.29) is 27.7 Å². The van der Waals surface area contributed by atoms with Crippen LogP contribution in [-0.2, 0) is 0 Å². The smallest absolute Gasteiger partial charge is 0.121 e. The number of hydrazone groups is 1. The van der Waals surface area contributed by atoms with Crippen LogP contribution in [0.4, 0.5) is 17.1 Å². The van der Waals surface area contributed by atoms with Crippen LogP contribution in [0.5, 0.6) is 0 Å². The van der Waals surface area contributed by atoms with Gasteiger partial charge in [-0.2, -0.15) is 5.10 Å². The summed E-state index contributed by atoms with van der Waals surface area (Å²) in [6.07, 6.45) is 0. The molecule has 3 rings (SSSR count). The largest absolute Gasteiger partial charge is 0.769 e. The monoisotopic (exact) mass is 334 g/mol. The van der Waals surface area contributed by atoms with Crippen molar-refractivity contribution in [3.8, 4) is 0 Å². The summed E-state index contributed by atoms with van der Waals surface area (Å²) < 4.78 is 0. The van der Waals surface area contributed by atoms with Crippen molar-refractivity contribution in [1.29, 1.82) is 0 Å². The summed E-state index contributed by atoms with van der Waals surface area (Å²) in [5, 5.41) is 42.9. The fourth-order valence-corrected chi connectivity index (χ4v) is 2.64. The van der Waals surface area contributed by atoms with Crippen LogP contribution in [-0.4, -0.2) is 16.1 Å². The topological polar surface area (TPSA) is 117 Å². The molecule has 8 nitrogen and oxygen atoms in total. The van der Waals surface area contributed by atoms with E-state index in [1.165, 1.54) is 12.1 Å². The maximum absolute atomic E-state index is 10.7. The number of rotatable bonds is 4. The van der Waals surface area contributed by atoms with Crippen LogP contribution in [0.1, 0.15) is 16.5 Å². The van der Waals surface area contributed by atoms with Crippen molar-refractivity contribution < 1.29 is 10.4 Å². The summed E-state index contributed by atoms with van der Waals surface area (Å²) >= 11 is 6.21. The number of benzene rings is 2. The Morgan fingerprint density at radius 3 is 2.57 bits per heavy atom. The van der Waals surface area contributed by atoms with E-state index in [0.717, 1.165) is 17.2 Å². The van der Waals surface area contributed by atoms with Gasteiger partial charge >= 0.3 is 0 Å². The normalized spacial score (nSPS) is 17.4. The molecule has 1 atom stereocenters. The van der Waals surface area contributed by atoms with E-state index < -0.39 is 5.23 Å². The molecule has 0 fully saturated rings. The first-order valence-electron chi connectivity index (χ1n) is 6.52. The number of fused-ring (bicyclic) bond motifs is 1. The minimum atomic E-state index is -0.639. The van der Waals surface area contributed by atoms with E-state index in [4.69, 9.17) is 11.6 Å². The van der Waals surface area contributed by atoms with Crippen LogP contribution in [0, 0.1) is 10.4 Å². The van der Waals surface area contributed by atoms with Gasteiger partial charge < -0.3 is 15.6 Å². The maximum atomic E-state index is 10.7. The molecule has 0 heterocycles. The van der Waals surface area contributed by atoms with E-state index in [9.17, 15) is 20.8 Å². The fraction of sp³-hybridized carbons (Fsp3) is 0.0714. The average Bonchev–Trinajstić information content (AvgIpc) is 2.54. The van der Waals surface area contributed by atoms with Gasteiger partial charge in [0.1, 0.15) is 11.1 Å². The zero-order valence-corrected chi connectivity index (χ0v) is 12.3. The summed E-state index contributed by atoms with van der Waals surface area (Å²) in [6.45, 7) is 0. The SMILES string of the molecule is [O-]N([O-])c1ccc(NN=C2c3ccccc3[C@H]2Cl)c(N(O)O)c1. The van der Waals surface area contributed by atoms with Crippen molar-refractivity contribution in [2.24, 2.45) is 5.10 Å². The lowest BCUT2D eigenvalue weighted by Gasteiger charge is -2.38. The molecular formula is C14H11ClN4O4-2. The number of nitrogens with one attached hydrogen (secondary N) is 1. The Hall–Kier alpha value is -2.36. The molecule has 0 saturated heterocycles. The Bertz CT molecular complexity index is 766. The van der Waals surface area contributed by atoms with Crippen molar-refractivity contribution >= 4 is 34.4 Å². The second-order valence-corrected chi connectivity index (χ2v) is 5.24. The van der Waals surface area contributed by atoms with E-state index in [2.05, 4.69) is 10.5 Å². The molecule has 0 unspecified atom stereocenters. The molecule has 2 aromatic rings. The lowest BCUT2D eigenvalue weighted by atomic mass is 9.86. The van der Waals surface area contributed by atoms with Crippen LogP contribution in [0.15, 0.2) is 47.6 Å². The summed E-state index contributed by atoms with van der Waals surface area (Å²) in [5.41, 5.74) is 4.81. The third-order valence-corrected chi connectivity index (χ3v) is 3.90. The average molecular weight is 335 g/mol. The van der Waals surface area contributed by atoms with E-state index in [1.807, 2.05) is 24.3 Å². The highest BCUT2D eigenvalue weighted by Crippen LogP contribution is 2.39. The number of hydrogen-bond donors (Lipinski definition) is 3. The van der Waals surface area contributed by atoms with Crippen molar-refractivity contribution in [2.75, 3.05) is 15.9 Å². The molecule has 0 amide bonds. The van der Waals surface area contributed by atoms with Gasteiger partial charge in [-0.05, 0) is 23.8 Å². The van der Waals surface area contributed by atoms with Gasteiger partial charge in [0, 0.05) is 11.3 Å². The Balaban J connectivity index is 1.88. The van der Waals surface area contributed by atoms with Crippen LogP contribution in [0.25, 0.3) is 0 Å². The first-order chi connectivity index (χ1) is 11.0. The van der Waals surface area contributed by atoms with Gasteiger partial charge in [0.25, 0.3) is 0 Å². The first kappa shape index (κ1) is 15.5. The summed E-state index contributed by atoms with van der Waals surface area (Å²) in [6, 6.07) is 11.1. The fourth-order valence-electron chi connectivity index (χ4n) is 2.29. The third-order valence-electron chi connectivity index (χ3n) is 3.45. The molecule has 0 aliphatic heterocycles. The predicted octanol–water partition coefficient (Wildman–Crippen LogP) is 3.18. The molecule has 2 aromatic carbocycles. The molecule has 0 aromatic heterocycles. The first-order valence-corrected chi connectivity index (χ1v) is 6.96. The molecular weight excluding hydrogens is 324 g/mol. The number of hydrogen-bond acceptors (Lipinski definition) is 8. The van der Waals surface area contributed by atoms with Gasteiger partial charge in [-0.3, -0.25) is 15.8 Å². The van der Waals surface area contributed by atoms with Gasteiger partial charge in [-0.15, -0.1) is 16.8 Å². The van der Waals surface area contributed by atoms with Gasteiger partial charge in [0.05, 0.1) is 11.4 Å². The van der Waals surface area contributed by atoms with Gasteiger partial charge in [0.2, 0.25) is 0 Å². The van der Waals surface area contributed by atoms with Crippen molar-refractivity contribution in [1.82, 2.24) is 0 Å². The zero-order chi connectivity index (χ0) is 16.6. The van der Waals surface area contributed by atoms with E-state index in [1.54, 1.807) is 0 Å². The molecule has 0 spiro atoms. The Morgan fingerprint density at radius 2 is 1.87 bits per heavy atom. The lowest BCUT2D eigenvalue weighted by molar-refractivity contribution is 0.0295. The second-order valence-electron chi connectivity index (χ2n) is 4.81. The molecule has 120 valence electrons. The van der Waals surface area contributed by atoms with Gasteiger partial charge in [-0.25, -0.2) is 0 Å². The highest BCUT2D eigenvalue weighted by atomic mass is 35.5. The minimum Gasteiger partial charge on any atom is -0.769 e. The number of alkyl halides is 1. The molecule has 1 aliphatic carbocycles. The number of nitrogens with zero attached hydrogens (tertiary/aromatic N) is 3. The van der Waals surface area contributed by atoms with Gasteiger partial charge in [0.15, 0.2) is 0 Å². The predicted molar refractivity (Wildman–Crippen MR) is 86.9 cm³/mol. The summed E-state index contributed by atoms with van der Waals surface area (Å²) in [5.74, 6) is 0. The molecule has 0 radical (unpaired) electrons. The molecule has 23 heavy (non-hydrogen) atoms. The van der Waals surface area contributed by atoms with Crippen LogP contribution >= 0.6 is 11.6 Å². The van der Waals surface area contributed by atoms with Crippen molar-refractivity contribution in [2.45, 2.75) is 5.38 Å². The van der Waals surface area contributed by atoms with Crippen LogP contribution < -0.4 is 15.9 Å². The molecule has 3 N–H and O–H groups in total. The molecule has 0 bridgehead atoms. The van der Waals surface area contributed by atoms with E-state index >= 15 is 0 Å². The quantitative estimate of drug-likeness (QED) is 0.580. The Kier molecular flexibility index (Phi) is 4.07. The van der Waals surface area contributed by atoms with E-state index in [0.29, 0.717) is 5.71 Å². The lowest BCUT2D eigenvalue weighted by Crippen LogP contribution is -2.24.